The van der Waals surface area contributed by atoms with Gasteiger partial charge in [-0.05, 0) is 25.1 Å². The molecule has 2 N–H and O–H groups in total. The number of anilines is 1. The third kappa shape index (κ3) is 5.04. The fourth-order valence-electron chi connectivity index (χ4n) is 2.18. The van der Waals surface area contributed by atoms with Crippen molar-refractivity contribution >= 4 is 29.4 Å². The lowest BCUT2D eigenvalue weighted by atomic mass is 10.1. The van der Waals surface area contributed by atoms with Gasteiger partial charge in [0.2, 0.25) is 0 Å². The minimum absolute atomic E-state index is 0.0573. The lowest BCUT2D eigenvalue weighted by Gasteiger charge is -2.08. The number of nitro benzene ring substituents is 1. The number of hydrogen-bond donors (Lipinski definition) is 2. The summed E-state index contributed by atoms with van der Waals surface area (Å²) in [6.45, 7) is 1.89. The molecule has 10 heteroatoms. The topological polar surface area (TPSA) is 132 Å². The molecular formula is C18H18N4O6. The summed E-state index contributed by atoms with van der Waals surface area (Å²) in [5, 5.41) is 17.2. The van der Waals surface area contributed by atoms with Crippen molar-refractivity contribution in [2.45, 2.75) is 6.92 Å². The van der Waals surface area contributed by atoms with E-state index in [1.807, 2.05) is 12.3 Å². The number of ether oxygens (including phenoxy) is 2. The first-order valence-corrected chi connectivity index (χ1v) is 7.97. The number of hydrazone groups is 1. The quantitative estimate of drug-likeness (QED) is 0.338. The lowest BCUT2D eigenvalue weighted by Crippen LogP contribution is -2.32. The van der Waals surface area contributed by atoms with Crippen molar-refractivity contribution < 1.29 is 24.0 Å². The summed E-state index contributed by atoms with van der Waals surface area (Å²) >= 11 is 0. The molecule has 2 amide bonds. The molecule has 0 aliphatic rings. The maximum atomic E-state index is 11.9. The Morgan fingerprint density at radius 1 is 1.07 bits per heavy atom. The van der Waals surface area contributed by atoms with Gasteiger partial charge in [0.1, 0.15) is 0 Å². The summed E-state index contributed by atoms with van der Waals surface area (Å²) in [6.07, 6.45) is 1.04. The zero-order valence-corrected chi connectivity index (χ0v) is 15.4. The predicted octanol–water partition coefficient (Wildman–Crippen LogP) is 2.01. The maximum absolute atomic E-state index is 11.9. The van der Waals surface area contributed by atoms with Gasteiger partial charge >= 0.3 is 11.8 Å². The SMILES string of the molecule is COc1cc(/C=N\NC(=O)C(=O)Nc2ccc(C)cc2)c([N+](=O)[O-])cc1OC. The van der Waals surface area contributed by atoms with Gasteiger partial charge in [0.05, 0.1) is 37.0 Å². The van der Waals surface area contributed by atoms with Gasteiger partial charge in [0.25, 0.3) is 5.69 Å². The van der Waals surface area contributed by atoms with Crippen LogP contribution in [-0.4, -0.2) is 37.2 Å². The molecule has 0 aliphatic carbocycles. The summed E-state index contributed by atoms with van der Waals surface area (Å²) in [5.74, 6) is -1.53. The fourth-order valence-corrected chi connectivity index (χ4v) is 2.18. The van der Waals surface area contributed by atoms with E-state index in [-0.39, 0.29) is 22.7 Å². The summed E-state index contributed by atoms with van der Waals surface area (Å²) in [6, 6.07) is 9.36. The minimum atomic E-state index is -1.03. The summed E-state index contributed by atoms with van der Waals surface area (Å²) in [5.41, 5.74) is 3.22. The molecule has 0 unspecified atom stereocenters. The van der Waals surface area contributed by atoms with Crippen LogP contribution in [0.4, 0.5) is 11.4 Å². The first-order valence-electron chi connectivity index (χ1n) is 7.97. The molecule has 0 aromatic heterocycles. The average molecular weight is 386 g/mol. The largest absolute Gasteiger partial charge is 0.493 e. The Balaban J connectivity index is 2.10. The zero-order valence-electron chi connectivity index (χ0n) is 15.4. The molecule has 0 fully saturated rings. The highest BCUT2D eigenvalue weighted by Crippen LogP contribution is 2.33. The molecule has 0 heterocycles. The summed E-state index contributed by atoms with van der Waals surface area (Å²) < 4.78 is 10.1. The molecule has 2 rings (SSSR count). The smallest absolute Gasteiger partial charge is 0.329 e. The first-order chi connectivity index (χ1) is 13.3. The van der Waals surface area contributed by atoms with E-state index in [0.717, 1.165) is 11.8 Å². The van der Waals surface area contributed by atoms with Gasteiger partial charge < -0.3 is 14.8 Å². The Morgan fingerprint density at radius 3 is 2.25 bits per heavy atom. The van der Waals surface area contributed by atoms with Crippen molar-refractivity contribution in [1.29, 1.82) is 0 Å². The molecule has 28 heavy (non-hydrogen) atoms. The van der Waals surface area contributed by atoms with Gasteiger partial charge in [-0.2, -0.15) is 5.10 Å². The molecule has 0 aliphatic heterocycles. The van der Waals surface area contributed by atoms with Crippen LogP contribution in [0.15, 0.2) is 41.5 Å². The standard InChI is InChI=1S/C18H18N4O6/c1-11-4-6-13(7-5-11)20-17(23)18(24)21-19-10-12-8-15(27-2)16(28-3)9-14(12)22(25)26/h4-10H,1-3H3,(H,20,23)(H,21,24)/b19-10-. The predicted molar refractivity (Wildman–Crippen MR) is 102 cm³/mol. The van der Waals surface area contributed by atoms with Crippen LogP contribution >= 0.6 is 0 Å². The van der Waals surface area contributed by atoms with Crippen molar-refractivity contribution in [2.75, 3.05) is 19.5 Å². The van der Waals surface area contributed by atoms with Gasteiger partial charge in [0, 0.05) is 5.69 Å². The number of rotatable bonds is 6. The number of carbonyl (C=O) groups is 2. The number of hydrogen-bond acceptors (Lipinski definition) is 7. The molecule has 10 nitrogen and oxygen atoms in total. The Hall–Kier alpha value is -3.95. The van der Waals surface area contributed by atoms with Crippen molar-refractivity contribution in [2.24, 2.45) is 5.10 Å². The van der Waals surface area contributed by atoms with E-state index in [1.165, 1.54) is 26.4 Å². The van der Waals surface area contributed by atoms with E-state index < -0.39 is 16.7 Å². The average Bonchev–Trinajstić information content (AvgIpc) is 2.68. The van der Waals surface area contributed by atoms with Crippen LogP contribution < -0.4 is 20.2 Å². The van der Waals surface area contributed by atoms with Crippen LogP contribution in [0.1, 0.15) is 11.1 Å². The number of nitrogens with one attached hydrogen (secondary N) is 2. The van der Waals surface area contributed by atoms with Gasteiger partial charge in [-0.3, -0.25) is 19.7 Å². The van der Waals surface area contributed by atoms with E-state index in [0.29, 0.717) is 5.69 Å². The van der Waals surface area contributed by atoms with Crippen molar-refractivity contribution in [1.82, 2.24) is 5.43 Å². The highest BCUT2D eigenvalue weighted by molar-refractivity contribution is 6.39. The monoisotopic (exact) mass is 386 g/mol. The Labute approximate surface area is 160 Å². The summed E-state index contributed by atoms with van der Waals surface area (Å²) in [4.78, 5) is 34.3. The van der Waals surface area contributed by atoms with E-state index >= 15 is 0 Å². The molecule has 2 aromatic carbocycles. The van der Waals surface area contributed by atoms with Crippen LogP contribution in [-0.2, 0) is 9.59 Å². The van der Waals surface area contributed by atoms with E-state index in [1.54, 1.807) is 24.3 Å². The molecule has 0 spiro atoms. The zero-order chi connectivity index (χ0) is 20.7. The minimum Gasteiger partial charge on any atom is -0.493 e. The second kappa shape index (κ2) is 9.12. The first kappa shape index (κ1) is 20.4. The van der Waals surface area contributed by atoms with Gasteiger partial charge in [0.15, 0.2) is 11.5 Å². The normalized spacial score (nSPS) is 10.4. The number of carbonyl (C=O) groups excluding carboxylic acids is 2. The van der Waals surface area contributed by atoms with Crippen LogP contribution in [0.3, 0.4) is 0 Å². The third-order valence-electron chi connectivity index (χ3n) is 3.61. The van der Waals surface area contributed by atoms with Crippen LogP contribution in [0.5, 0.6) is 11.5 Å². The van der Waals surface area contributed by atoms with Crippen LogP contribution in [0, 0.1) is 17.0 Å². The molecule has 0 saturated carbocycles. The van der Waals surface area contributed by atoms with E-state index in [9.17, 15) is 19.7 Å². The number of benzene rings is 2. The fraction of sp³-hybridized carbons (Fsp3) is 0.167. The second-order valence-corrected chi connectivity index (χ2v) is 5.54. The molecule has 0 saturated heterocycles. The highest BCUT2D eigenvalue weighted by Gasteiger charge is 2.19. The lowest BCUT2D eigenvalue weighted by molar-refractivity contribution is -0.385. The highest BCUT2D eigenvalue weighted by atomic mass is 16.6. The molecule has 0 radical (unpaired) electrons. The van der Waals surface area contributed by atoms with E-state index in [4.69, 9.17) is 9.47 Å². The third-order valence-corrected chi connectivity index (χ3v) is 3.61. The maximum Gasteiger partial charge on any atom is 0.329 e. The number of methoxy groups -OCH3 is 2. The van der Waals surface area contributed by atoms with E-state index in [2.05, 4.69) is 10.4 Å². The van der Waals surface area contributed by atoms with Crippen molar-refractivity contribution in [3.05, 3.63) is 57.6 Å². The van der Waals surface area contributed by atoms with Gasteiger partial charge in [-0.1, -0.05) is 17.7 Å². The number of aryl methyl sites for hydroxylation is 1. The Kier molecular flexibility index (Phi) is 6.63. The Morgan fingerprint density at radius 2 is 1.68 bits per heavy atom. The van der Waals surface area contributed by atoms with Crippen molar-refractivity contribution in [3.8, 4) is 11.5 Å². The van der Waals surface area contributed by atoms with Crippen LogP contribution in [0.2, 0.25) is 0 Å². The molecule has 0 bridgehead atoms. The summed E-state index contributed by atoms with van der Waals surface area (Å²) in [7, 11) is 2.73. The Bertz CT molecular complexity index is 924. The van der Waals surface area contributed by atoms with Crippen LogP contribution in [0.25, 0.3) is 0 Å². The van der Waals surface area contributed by atoms with Crippen molar-refractivity contribution in [3.63, 3.8) is 0 Å². The number of nitro groups is 1. The number of amides is 2. The molecular weight excluding hydrogens is 368 g/mol. The van der Waals surface area contributed by atoms with Gasteiger partial charge in [-0.25, -0.2) is 5.43 Å². The van der Waals surface area contributed by atoms with Gasteiger partial charge in [-0.15, -0.1) is 0 Å². The molecule has 0 atom stereocenters. The number of nitrogens with zero attached hydrogens (tertiary/aromatic N) is 2. The second-order valence-electron chi connectivity index (χ2n) is 5.54. The molecule has 146 valence electrons. The molecule has 2 aromatic rings.